The summed E-state index contributed by atoms with van der Waals surface area (Å²) >= 11 is 0. The van der Waals surface area contributed by atoms with E-state index >= 15 is 0 Å². The van der Waals surface area contributed by atoms with Gasteiger partial charge in [0.05, 0.1) is 19.8 Å². The molecule has 90 valence electrons. The van der Waals surface area contributed by atoms with Crippen LogP contribution < -0.4 is 9.47 Å². The number of aliphatic hydroxyl groups is 2. The van der Waals surface area contributed by atoms with Gasteiger partial charge in [-0.05, 0) is 12.1 Å². The lowest BCUT2D eigenvalue weighted by Gasteiger charge is -2.11. The molecule has 17 heavy (non-hydrogen) atoms. The molecule has 2 rings (SSSR count). The molecule has 1 aromatic carbocycles. The molecule has 6 nitrogen and oxygen atoms in total. The topological polar surface area (TPSA) is 93.1 Å². The number of ketones is 2. The molecule has 0 atom stereocenters. The minimum Gasteiger partial charge on any atom is -0.493 e. The van der Waals surface area contributed by atoms with Crippen molar-refractivity contribution < 1.29 is 29.3 Å². The molecule has 0 saturated carbocycles. The number of methoxy groups -OCH3 is 2. The monoisotopic (exact) mass is 238 g/mol. The van der Waals surface area contributed by atoms with E-state index in [2.05, 4.69) is 0 Å². The summed E-state index contributed by atoms with van der Waals surface area (Å²) in [4.78, 5) is 23.3. The van der Waals surface area contributed by atoms with Crippen LogP contribution in [-0.2, 0) is 0 Å². The summed E-state index contributed by atoms with van der Waals surface area (Å²) in [5.41, 5.74) is -0.250. The molecule has 0 bridgehead atoms. The first-order valence-corrected chi connectivity index (χ1v) is 4.74. The van der Waals surface area contributed by atoms with Gasteiger partial charge in [0.2, 0.25) is 11.6 Å². The number of carbonyl (C=O) groups excluding carboxylic acids is 2. The number of carbonyl (C=O) groups is 2. The zero-order valence-electron chi connectivity index (χ0n) is 9.18. The molecule has 0 saturated heterocycles. The highest BCUT2D eigenvalue weighted by molar-refractivity contribution is 6.31. The van der Waals surface area contributed by atoms with Gasteiger partial charge in [-0.3, -0.25) is 9.59 Å². The van der Waals surface area contributed by atoms with E-state index in [1.807, 2.05) is 0 Å². The van der Waals surface area contributed by atoms with Crippen LogP contribution in [0, 0.1) is 0 Å². The summed E-state index contributed by atoms with van der Waals surface area (Å²) < 4.78 is 9.93. The summed E-state index contributed by atoms with van der Waals surface area (Å²) in [5, 5.41) is 18.8. The van der Waals surface area contributed by atoms with Crippen molar-refractivity contribution in [3.63, 3.8) is 0 Å². The fourth-order valence-electron chi connectivity index (χ4n) is 1.81. The van der Waals surface area contributed by atoms with E-state index in [1.165, 1.54) is 26.4 Å². The van der Waals surface area contributed by atoms with Crippen LogP contribution in [0.4, 0.5) is 0 Å². The lowest BCUT2D eigenvalue weighted by Crippen LogP contribution is -2.40. The van der Waals surface area contributed by atoms with Crippen molar-refractivity contribution in [2.75, 3.05) is 14.2 Å². The number of rotatable bonds is 2. The first kappa shape index (κ1) is 11.6. The second-order valence-electron chi connectivity index (χ2n) is 3.55. The molecule has 0 fully saturated rings. The smallest absolute Gasteiger partial charge is 0.295 e. The average molecular weight is 238 g/mol. The summed E-state index contributed by atoms with van der Waals surface area (Å²) in [5.74, 6) is -4.91. The standard InChI is InChI=1S/C11H10O6/c1-16-6-4-3-5-7(8(6)17-2)10(13)11(14,15)9(5)12/h3-4,14-15H,1-2H3. The maximum absolute atomic E-state index is 11.7. The second-order valence-corrected chi connectivity index (χ2v) is 3.55. The summed E-state index contributed by atoms with van der Waals surface area (Å²) in [7, 11) is 2.67. The molecule has 1 aliphatic rings. The van der Waals surface area contributed by atoms with Crippen LogP contribution >= 0.6 is 0 Å². The first-order valence-electron chi connectivity index (χ1n) is 4.74. The summed E-state index contributed by atoms with van der Waals surface area (Å²) in [6, 6.07) is 2.72. The van der Waals surface area contributed by atoms with Gasteiger partial charge >= 0.3 is 0 Å². The van der Waals surface area contributed by atoms with E-state index in [0.717, 1.165) is 0 Å². The maximum Gasteiger partial charge on any atom is 0.295 e. The van der Waals surface area contributed by atoms with Gasteiger partial charge in [0.1, 0.15) is 0 Å². The third-order valence-corrected chi connectivity index (χ3v) is 2.65. The highest BCUT2D eigenvalue weighted by atomic mass is 16.5. The van der Waals surface area contributed by atoms with E-state index in [-0.39, 0.29) is 22.6 Å². The zero-order valence-corrected chi connectivity index (χ0v) is 9.18. The predicted molar refractivity (Wildman–Crippen MR) is 55.4 cm³/mol. The Hall–Kier alpha value is -1.92. The van der Waals surface area contributed by atoms with Crippen LogP contribution in [0.1, 0.15) is 20.7 Å². The molecule has 0 unspecified atom stereocenters. The van der Waals surface area contributed by atoms with E-state index < -0.39 is 17.4 Å². The van der Waals surface area contributed by atoms with Crippen LogP contribution in [0.2, 0.25) is 0 Å². The van der Waals surface area contributed by atoms with Gasteiger partial charge in [-0.15, -0.1) is 0 Å². The zero-order chi connectivity index (χ0) is 12.8. The summed E-state index contributed by atoms with van der Waals surface area (Å²) in [6.07, 6.45) is 0. The highest BCUT2D eigenvalue weighted by Crippen LogP contribution is 2.40. The van der Waals surface area contributed by atoms with Gasteiger partial charge < -0.3 is 19.7 Å². The van der Waals surface area contributed by atoms with E-state index in [0.29, 0.717) is 0 Å². The van der Waals surface area contributed by atoms with Gasteiger partial charge in [0, 0.05) is 5.56 Å². The van der Waals surface area contributed by atoms with Crippen molar-refractivity contribution >= 4 is 11.6 Å². The molecule has 0 amide bonds. The number of hydrogen-bond donors (Lipinski definition) is 2. The number of benzene rings is 1. The van der Waals surface area contributed by atoms with Gasteiger partial charge in [0.25, 0.3) is 5.79 Å². The first-order chi connectivity index (χ1) is 7.95. The van der Waals surface area contributed by atoms with Crippen molar-refractivity contribution in [3.8, 4) is 11.5 Å². The Kier molecular flexibility index (Phi) is 2.41. The lowest BCUT2D eigenvalue weighted by atomic mass is 10.1. The van der Waals surface area contributed by atoms with Crippen molar-refractivity contribution in [3.05, 3.63) is 23.3 Å². The van der Waals surface area contributed by atoms with Crippen molar-refractivity contribution in [1.29, 1.82) is 0 Å². The molecular weight excluding hydrogens is 228 g/mol. The Morgan fingerprint density at radius 2 is 1.71 bits per heavy atom. The Bertz CT molecular complexity index is 517. The van der Waals surface area contributed by atoms with Gasteiger partial charge in [-0.25, -0.2) is 0 Å². The number of fused-ring (bicyclic) bond motifs is 1. The normalized spacial score (nSPS) is 16.9. The van der Waals surface area contributed by atoms with E-state index in [1.54, 1.807) is 0 Å². The fraction of sp³-hybridized carbons (Fsp3) is 0.273. The lowest BCUT2D eigenvalue weighted by molar-refractivity contribution is -0.0857. The molecule has 0 heterocycles. The molecular formula is C11H10O6. The van der Waals surface area contributed by atoms with Gasteiger partial charge in [0.15, 0.2) is 11.5 Å². The minimum absolute atomic E-state index is 0.0216. The molecule has 2 N–H and O–H groups in total. The van der Waals surface area contributed by atoms with Crippen LogP contribution in [0.25, 0.3) is 0 Å². The van der Waals surface area contributed by atoms with Crippen LogP contribution in [0.15, 0.2) is 12.1 Å². The van der Waals surface area contributed by atoms with Crippen LogP contribution in [0.5, 0.6) is 11.5 Å². The second kappa shape index (κ2) is 3.54. The Balaban J connectivity index is 2.75. The Morgan fingerprint density at radius 1 is 1.06 bits per heavy atom. The van der Waals surface area contributed by atoms with Crippen molar-refractivity contribution in [1.82, 2.24) is 0 Å². The number of hydrogen-bond acceptors (Lipinski definition) is 6. The maximum atomic E-state index is 11.7. The highest BCUT2D eigenvalue weighted by Gasteiger charge is 2.53. The SMILES string of the molecule is COc1ccc2c(c1OC)C(=O)C(O)(O)C2=O. The van der Waals surface area contributed by atoms with Crippen LogP contribution in [-0.4, -0.2) is 41.8 Å². The van der Waals surface area contributed by atoms with Gasteiger partial charge in [-0.1, -0.05) is 0 Å². The molecule has 6 heteroatoms. The van der Waals surface area contributed by atoms with Crippen molar-refractivity contribution in [2.45, 2.75) is 5.79 Å². The van der Waals surface area contributed by atoms with Crippen molar-refractivity contribution in [2.24, 2.45) is 0 Å². The fourth-order valence-corrected chi connectivity index (χ4v) is 1.81. The third kappa shape index (κ3) is 1.35. The molecule has 0 spiro atoms. The van der Waals surface area contributed by atoms with E-state index in [9.17, 15) is 19.8 Å². The molecule has 0 radical (unpaired) electrons. The third-order valence-electron chi connectivity index (χ3n) is 2.65. The minimum atomic E-state index is -3.01. The Morgan fingerprint density at radius 3 is 2.24 bits per heavy atom. The molecule has 1 aromatic rings. The van der Waals surface area contributed by atoms with E-state index in [4.69, 9.17) is 9.47 Å². The molecule has 0 aliphatic heterocycles. The number of ether oxygens (including phenoxy) is 2. The molecule has 1 aliphatic carbocycles. The average Bonchev–Trinajstić information content (AvgIpc) is 2.50. The quantitative estimate of drug-likeness (QED) is 0.545. The number of Topliss-reactive ketones (excluding diaryl/α,β-unsaturated/α-hetero) is 2. The molecule has 0 aromatic heterocycles. The predicted octanol–water partition coefficient (Wildman–Crippen LogP) is -0.236. The van der Waals surface area contributed by atoms with Crippen LogP contribution in [0.3, 0.4) is 0 Å². The summed E-state index contributed by atoms with van der Waals surface area (Å²) in [6.45, 7) is 0. The Labute approximate surface area is 96.4 Å². The largest absolute Gasteiger partial charge is 0.493 e. The van der Waals surface area contributed by atoms with Gasteiger partial charge in [-0.2, -0.15) is 0 Å².